The number of hydrogen-bond acceptors (Lipinski definition) is 3. The minimum Gasteiger partial charge on any atom is -0.478 e. The van der Waals surface area contributed by atoms with Crippen LogP contribution >= 0.6 is 0 Å². The highest BCUT2D eigenvalue weighted by atomic mass is 16.4. The Hall–Kier alpha value is -2.10. The molecule has 1 aromatic carbocycles. The molecule has 4 heteroatoms. The van der Waals surface area contributed by atoms with Crippen molar-refractivity contribution in [2.75, 3.05) is 18.0 Å². The van der Waals surface area contributed by atoms with Crippen LogP contribution in [-0.2, 0) is 22.4 Å². The van der Waals surface area contributed by atoms with E-state index in [4.69, 9.17) is 0 Å². The number of carbonyl (C=O) groups is 2. The highest BCUT2D eigenvalue weighted by Crippen LogP contribution is 2.39. The van der Waals surface area contributed by atoms with Gasteiger partial charge in [0.25, 0.3) is 0 Å². The number of Topliss-reactive ketones (excluding diaryl/α,β-unsaturated/α-hetero) is 1. The number of aryl methyl sites for hydroxylation is 1. The molecule has 0 amide bonds. The van der Waals surface area contributed by atoms with Crippen molar-refractivity contribution in [3.63, 3.8) is 0 Å². The van der Waals surface area contributed by atoms with Crippen LogP contribution in [0, 0.1) is 6.92 Å². The van der Waals surface area contributed by atoms with Crippen LogP contribution in [-0.4, -0.2) is 29.9 Å². The van der Waals surface area contributed by atoms with E-state index in [-0.39, 0.29) is 5.57 Å². The molecule has 116 valence electrons. The van der Waals surface area contributed by atoms with Crippen LogP contribution in [0.15, 0.2) is 11.6 Å². The zero-order chi connectivity index (χ0) is 15.9. The first kappa shape index (κ1) is 14.8. The number of aliphatic carboxylic acids is 1. The first-order valence-electron chi connectivity index (χ1n) is 7.85. The lowest BCUT2D eigenvalue weighted by Crippen LogP contribution is -2.35. The maximum absolute atomic E-state index is 11.6. The van der Waals surface area contributed by atoms with Crippen LogP contribution in [0.2, 0.25) is 0 Å². The normalized spacial score (nSPS) is 17.2. The molecule has 3 rings (SSSR count). The quantitative estimate of drug-likeness (QED) is 0.530. The molecule has 2 heterocycles. The summed E-state index contributed by atoms with van der Waals surface area (Å²) in [5.74, 6) is -1.56. The molecule has 4 nitrogen and oxygen atoms in total. The van der Waals surface area contributed by atoms with Gasteiger partial charge in [-0.15, -0.1) is 0 Å². The standard InChI is InChI=1S/C18H21NO3/c1-11-14(10-16(12(2)20)18(21)22)9-13-5-3-7-19-8-4-6-15(11)17(13)19/h9-10H,3-8H2,1-2H3,(H,21,22)/b16-10-. The molecular formula is C18H21NO3. The molecule has 0 spiro atoms. The van der Waals surface area contributed by atoms with E-state index in [2.05, 4.69) is 11.0 Å². The second-order valence-corrected chi connectivity index (χ2v) is 6.19. The van der Waals surface area contributed by atoms with Crippen molar-refractivity contribution < 1.29 is 14.7 Å². The molecule has 2 aliphatic heterocycles. The zero-order valence-electron chi connectivity index (χ0n) is 13.1. The maximum atomic E-state index is 11.6. The van der Waals surface area contributed by atoms with Gasteiger partial charge >= 0.3 is 5.97 Å². The Morgan fingerprint density at radius 3 is 2.55 bits per heavy atom. The number of ketones is 1. The summed E-state index contributed by atoms with van der Waals surface area (Å²) in [5, 5.41) is 9.22. The molecule has 2 aliphatic rings. The van der Waals surface area contributed by atoms with E-state index in [9.17, 15) is 14.7 Å². The third-order valence-electron chi connectivity index (χ3n) is 4.76. The molecule has 0 saturated heterocycles. The topological polar surface area (TPSA) is 57.6 Å². The van der Waals surface area contributed by atoms with Gasteiger partial charge in [0.15, 0.2) is 5.78 Å². The lowest BCUT2D eigenvalue weighted by Gasteiger charge is -2.38. The lowest BCUT2D eigenvalue weighted by atomic mass is 9.86. The molecule has 0 atom stereocenters. The predicted molar refractivity (Wildman–Crippen MR) is 86.3 cm³/mol. The summed E-state index contributed by atoms with van der Waals surface area (Å²) in [7, 11) is 0. The first-order chi connectivity index (χ1) is 10.5. The highest BCUT2D eigenvalue weighted by Gasteiger charge is 2.26. The predicted octanol–water partition coefficient (Wildman–Crippen LogP) is 2.75. The van der Waals surface area contributed by atoms with Gasteiger partial charge in [0.1, 0.15) is 5.57 Å². The first-order valence-corrected chi connectivity index (χ1v) is 7.85. The molecule has 0 bridgehead atoms. The summed E-state index contributed by atoms with van der Waals surface area (Å²) in [6.07, 6.45) is 5.89. The monoisotopic (exact) mass is 299 g/mol. The van der Waals surface area contributed by atoms with Crippen molar-refractivity contribution in [3.05, 3.63) is 33.9 Å². The molecule has 1 N–H and O–H groups in total. The van der Waals surface area contributed by atoms with Gasteiger partial charge in [-0.3, -0.25) is 4.79 Å². The smallest absolute Gasteiger partial charge is 0.339 e. The van der Waals surface area contributed by atoms with Crippen LogP contribution in [0.4, 0.5) is 5.69 Å². The summed E-state index contributed by atoms with van der Waals surface area (Å²) in [5.41, 5.74) is 5.86. The van der Waals surface area contributed by atoms with Crippen molar-refractivity contribution >= 4 is 23.5 Å². The van der Waals surface area contributed by atoms with E-state index in [1.807, 2.05) is 6.92 Å². The number of carboxylic acid groups (broad SMARTS) is 1. The van der Waals surface area contributed by atoms with E-state index >= 15 is 0 Å². The molecule has 0 radical (unpaired) electrons. The molecule has 0 aliphatic carbocycles. The van der Waals surface area contributed by atoms with E-state index < -0.39 is 11.8 Å². The summed E-state index contributed by atoms with van der Waals surface area (Å²) in [6.45, 7) is 5.57. The zero-order valence-corrected chi connectivity index (χ0v) is 13.1. The average Bonchev–Trinajstić information content (AvgIpc) is 2.48. The Bertz CT molecular complexity index is 670. The second kappa shape index (κ2) is 5.59. The van der Waals surface area contributed by atoms with Crippen molar-refractivity contribution in [2.24, 2.45) is 0 Å². The van der Waals surface area contributed by atoms with Gasteiger partial charge in [-0.2, -0.15) is 0 Å². The van der Waals surface area contributed by atoms with E-state index in [1.54, 1.807) is 6.08 Å². The van der Waals surface area contributed by atoms with E-state index in [1.165, 1.54) is 23.7 Å². The average molecular weight is 299 g/mol. The van der Waals surface area contributed by atoms with Gasteiger partial charge in [-0.05, 0) is 73.9 Å². The van der Waals surface area contributed by atoms with Crippen LogP contribution < -0.4 is 4.90 Å². The van der Waals surface area contributed by atoms with E-state index in [0.29, 0.717) is 0 Å². The summed E-state index contributed by atoms with van der Waals surface area (Å²) in [6, 6.07) is 2.08. The van der Waals surface area contributed by atoms with Crippen LogP contribution in [0.25, 0.3) is 6.08 Å². The van der Waals surface area contributed by atoms with E-state index in [0.717, 1.165) is 49.9 Å². The number of carboxylic acids is 1. The Morgan fingerprint density at radius 1 is 1.23 bits per heavy atom. The molecular weight excluding hydrogens is 278 g/mol. The summed E-state index contributed by atoms with van der Waals surface area (Å²) < 4.78 is 0. The number of anilines is 1. The number of nitrogens with zero attached hydrogens (tertiary/aromatic N) is 1. The number of carbonyl (C=O) groups excluding carboxylic acids is 1. The van der Waals surface area contributed by atoms with Crippen LogP contribution in [0.5, 0.6) is 0 Å². The minimum atomic E-state index is -1.15. The van der Waals surface area contributed by atoms with Gasteiger partial charge in [-0.1, -0.05) is 0 Å². The Labute approximate surface area is 130 Å². The number of rotatable bonds is 3. The molecule has 0 unspecified atom stereocenters. The number of hydrogen-bond donors (Lipinski definition) is 1. The van der Waals surface area contributed by atoms with Crippen molar-refractivity contribution in [1.82, 2.24) is 0 Å². The fourth-order valence-corrected chi connectivity index (χ4v) is 3.66. The SMILES string of the molecule is CC(=O)/C(=C/c1cc2c3c(c1C)CCCN3CCC2)C(=O)O. The van der Waals surface area contributed by atoms with Crippen LogP contribution in [0.1, 0.15) is 42.0 Å². The van der Waals surface area contributed by atoms with Crippen LogP contribution in [0.3, 0.4) is 0 Å². The Kier molecular flexibility index (Phi) is 3.77. The summed E-state index contributed by atoms with van der Waals surface area (Å²) in [4.78, 5) is 25.3. The third-order valence-corrected chi connectivity index (χ3v) is 4.76. The fraction of sp³-hybridized carbons (Fsp3) is 0.444. The summed E-state index contributed by atoms with van der Waals surface area (Å²) >= 11 is 0. The maximum Gasteiger partial charge on any atom is 0.339 e. The van der Waals surface area contributed by atoms with Crippen molar-refractivity contribution in [3.8, 4) is 0 Å². The van der Waals surface area contributed by atoms with Gasteiger partial charge < -0.3 is 10.0 Å². The van der Waals surface area contributed by atoms with Gasteiger partial charge in [-0.25, -0.2) is 4.79 Å². The lowest BCUT2D eigenvalue weighted by molar-refractivity contribution is -0.134. The second-order valence-electron chi connectivity index (χ2n) is 6.19. The van der Waals surface area contributed by atoms with Gasteiger partial charge in [0, 0.05) is 18.8 Å². The Morgan fingerprint density at radius 2 is 1.91 bits per heavy atom. The molecule has 0 aromatic heterocycles. The molecule has 1 aromatic rings. The van der Waals surface area contributed by atoms with Crippen molar-refractivity contribution in [1.29, 1.82) is 0 Å². The number of benzene rings is 1. The highest BCUT2D eigenvalue weighted by molar-refractivity contribution is 6.19. The van der Waals surface area contributed by atoms with Crippen molar-refractivity contribution in [2.45, 2.75) is 39.5 Å². The third kappa shape index (κ3) is 2.43. The molecule has 22 heavy (non-hydrogen) atoms. The van der Waals surface area contributed by atoms with Gasteiger partial charge in [0.05, 0.1) is 0 Å². The van der Waals surface area contributed by atoms with Gasteiger partial charge in [0.2, 0.25) is 0 Å². The largest absolute Gasteiger partial charge is 0.478 e. The molecule has 0 fully saturated rings. The minimum absolute atomic E-state index is 0.140. The fourth-order valence-electron chi connectivity index (χ4n) is 3.66. The Balaban J connectivity index is 2.17. The molecule has 0 saturated carbocycles.